The summed E-state index contributed by atoms with van der Waals surface area (Å²) in [5.74, 6) is 0.551. The van der Waals surface area contributed by atoms with E-state index in [4.69, 9.17) is 17.3 Å². The zero-order chi connectivity index (χ0) is 9.14. The fourth-order valence-corrected chi connectivity index (χ4v) is 1.75. The smallest absolute Gasteiger partial charge is 0.0965 e. The van der Waals surface area contributed by atoms with E-state index in [2.05, 4.69) is 27.6 Å². The SMILES string of the molecule is CC(N)=Nc1ccc(Cl)cc1I. The maximum atomic E-state index is 5.77. The predicted molar refractivity (Wildman–Crippen MR) is 61.1 cm³/mol. The zero-order valence-corrected chi connectivity index (χ0v) is 9.43. The Bertz CT molecular complexity index is 319. The normalized spacial score (nSPS) is 11.8. The van der Waals surface area contributed by atoms with Gasteiger partial charge in [-0.15, -0.1) is 0 Å². The molecular formula is C8H8ClIN2. The molecule has 0 amide bonds. The van der Waals surface area contributed by atoms with Gasteiger partial charge in [-0.3, -0.25) is 0 Å². The highest BCUT2D eigenvalue weighted by Gasteiger charge is 1.97. The fourth-order valence-electron chi connectivity index (χ4n) is 0.762. The highest BCUT2D eigenvalue weighted by Crippen LogP contribution is 2.24. The minimum Gasteiger partial charge on any atom is -0.387 e. The summed E-state index contributed by atoms with van der Waals surface area (Å²) >= 11 is 7.94. The minimum absolute atomic E-state index is 0.551. The number of hydrogen-bond acceptors (Lipinski definition) is 1. The van der Waals surface area contributed by atoms with E-state index < -0.39 is 0 Å². The van der Waals surface area contributed by atoms with Crippen LogP contribution >= 0.6 is 34.2 Å². The van der Waals surface area contributed by atoms with E-state index in [1.807, 2.05) is 12.1 Å². The van der Waals surface area contributed by atoms with Crippen LogP contribution in [-0.4, -0.2) is 5.84 Å². The lowest BCUT2D eigenvalue weighted by atomic mass is 10.3. The molecule has 0 saturated carbocycles. The summed E-state index contributed by atoms with van der Waals surface area (Å²) in [4.78, 5) is 4.13. The molecule has 0 radical (unpaired) electrons. The van der Waals surface area contributed by atoms with E-state index in [0.29, 0.717) is 10.9 Å². The highest BCUT2D eigenvalue weighted by molar-refractivity contribution is 14.1. The van der Waals surface area contributed by atoms with Gasteiger partial charge in [0.1, 0.15) is 0 Å². The lowest BCUT2D eigenvalue weighted by Gasteiger charge is -1.98. The first-order valence-electron chi connectivity index (χ1n) is 3.35. The van der Waals surface area contributed by atoms with Crippen LogP contribution in [0.15, 0.2) is 23.2 Å². The molecule has 1 aromatic rings. The second-order valence-corrected chi connectivity index (χ2v) is 3.95. The topological polar surface area (TPSA) is 38.4 Å². The van der Waals surface area contributed by atoms with Crippen LogP contribution in [0.2, 0.25) is 5.02 Å². The van der Waals surface area contributed by atoms with Gasteiger partial charge < -0.3 is 5.73 Å². The van der Waals surface area contributed by atoms with E-state index >= 15 is 0 Å². The van der Waals surface area contributed by atoms with Crippen molar-refractivity contribution in [2.75, 3.05) is 0 Å². The molecule has 0 bridgehead atoms. The van der Waals surface area contributed by atoms with Crippen molar-refractivity contribution in [1.29, 1.82) is 0 Å². The molecule has 0 aromatic heterocycles. The Morgan fingerprint density at radius 3 is 2.75 bits per heavy atom. The van der Waals surface area contributed by atoms with Crippen LogP contribution in [0, 0.1) is 3.57 Å². The lowest BCUT2D eigenvalue weighted by Crippen LogP contribution is -2.03. The van der Waals surface area contributed by atoms with Gasteiger partial charge in [-0.05, 0) is 47.7 Å². The average molecular weight is 295 g/mol. The van der Waals surface area contributed by atoms with E-state index in [0.717, 1.165) is 9.26 Å². The summed E-state index contributed by atoms with van der Waals surface area (Å²) in [6.45, 7) is 1.75. The quantitative estimate of drug-likeness (QED) is 0.483. The van der Waals surface area contributed by atoms with Crippen LogP contribution in [-0.2, 0) is 0 Å². The van der Waals surface area contributed by atoms with Crippen molar-refractivity contribution < 1.29 is 0 Å². The number of rotatable bonds is 1. The summed E-state index contributed by atoms with van der Waals surface area (Å²) < 4.78 is 1.00. The van der Waals surface area contributed by atoms with Crippen molar-refractivity contribution in [3.63, 3.8) is 0 Å². The largest absolute Gasteiger partial charge is 0.387 e. The molecule has 0 aliphatic carbocycles. The van der Waals surface area contributed by atoms with Gasteiger partial charge in [0.25, 0.3) is 0 Å². The predicted octanol–water partition coefficient (Wildman–Crippen LogP) is 2.95. The summed E-state index contributed by atoms with van der Waals surface area (Å²) in [7, 11) is 0. The molecule has 1 rings (SSSR count). The molecule has 2 nitrogen and oxygen atoms in total. The van der Waals surface area contributed by atoms with E-state index in [-0.39, 0.29) is 0 Å². The summed E-state index contributed by atoms with van der Waals surface area (Å²) in [5, 5.41) is 0.716. The van der Waals surface area contributed by atoms with Crippen LogP contribution < -0.4 is 5.73 Å². The number of halogens is 2. The lowest BCUT2D eigenvalue weighted by molar-refractivity contribution is 1.43. The number of nitrogens with two attached hydrogens (primary N) is 1. The van der Waals surface area contributed by atoms with Gasteiger partial charge in [-0.2, -0.15) is 0 Å². The Morgan fingerprint density at radius 1 is 1.58 bits per heavy atom. The van der Waals surface area contributed by atoms with Crippen molar-refractivity contribution in [3.8, 4) is 0 Å². The number of aliphatic imine (C=N–C) groups is 1. The summed E-state index contributed by atoms with van der Waals surface area (Å²) in [6, 6.07) is 5.50. The molecule has 0 atom stereocenters. The summed E-state index contributed by atoms with van der Waals surface area (Å²) in [5.41, 5.74) is 6.31. The Kier molecular flexibility index (Phi) is 3.34. The molecule has 0 aliphatic heterocycles. The number of benzene rings is 1. The first-order chi connectivity index (χ1) is 5.59. The van der Waals surface area contributed by atoms with E-state index in [1.165, 1.54) is 0 Å². The van der Waals surface area contributed by atoms with Gasteiger partial charge in [-0.25, -0.2) is 4.99 Å². The standard InChI is InChI=1S/C8H8ClIN2/c1-5(11)12-8-3-2-6(9)4-7(8)10/h2-4H,1H3,(H2,11,12). The van der Waals surface area contributed by atoms with Crippen LogP contribution in [0.1, 0.15) is 6.92 Å². The van der Waals surface area contributed by atoms with Gasteiger partial charge in [-0.1, -0.05) is 11.6 Å². The third kappa shape index (κ3) is 2.64. The van der Waals surface area contributed by atoms with Crippen LogP contribution in [0.5, 0.6) is 0 Å². The Hall–Kier alpha value is -0.290. The van der Waals surface area contributed by atoms with Crippen molar-refractivity contribution >= 4 is 45.7 Å². The Labute approximate surface area is 90.0 Å². The van der Waals surface area contributed by atoms with E-state index in [9.17, 15) is 0 Å². The number of hydrogen-bond donors (Lipinski definition) is 1. The molecule has 0 heterocycles. The molecule has 12 heavy (non-hydrogen) atoms. The van der Waals surface area contributed by atoms with Crippen LogP contribution in [0.25, 0.3) is 0 Å². The van der Waals surface area contributed by atoms with Crippen molar-refractivity contribution in [2.24, 2.45) is 10.7 Å². The molecule has 0 fully saturated rings. The minimum atomic E-state index is 0.551. The fraction of sp³-hybridized carbons (Fsp3) is 0.125. The Balaban J connectivity index is 3.10. The third-order valence-electron chi connectivity index (χ3n) is 1.21. The molecule has 0 saturated heterocycles. The molecule has 4 heteroatoms. The van der Waals surface area contributed by atoms with Gasteiger partial charge in [0.05, 0.1) is 11.5 Å². The third-order valence-corrected chi connectivity index (χ3v) is 2.31. The zero-order valence-electron chi connectivity index (χ0n) is 6.51. The van der Waals surface area contributed by atoms with Crippen molar-refractivity contribution in [1.82, 2.24) is 0 Å². The monoisotopic (exact) mass is 294 g/mol. The summed E-state index contributed by atoms with van der Waals surface area (Å²) in [6.07, 6.45) is 0. The van der Waals surface area contributed by atoms with Gasteiger partial charge in [0.15, 0.2) is 0 Å². The molecule has 0 spiro atoms. The van der Waals surface area contributed by atoms with E-state index in [1.54, 1.807) is 13.0 Å². The molecule has 2 N–H and O–H groups in total. The van der Waals surface area contributed by atoms with Gasteiger partial charge in [0.2, 0.25) is 0 Å². The first kappa shape index (κ1) is 9.80. The molecule has 0 unspecified atom stereocenters. The Morgan fingerprint density at radius 2 is 2.25 bits per heavy atom. The second kappa shape index (κ2) is 4.09. The number of amidine groups is 1. The van der Waals surface area contributed by atoms with Crippen LogP contribution in [0.4, 0.5) is 5.69 Å². The number of nitrogens with zero attached hydrogens (tertiary/aromatic N) is 1. The highest BCUT2D eigenvalue weighted by atomic mass is 127. The van der Waals surface area contributed by atoms with Crippen molar-refractivity contribution in [2.45, 2.75) is 6.92 Å². The van der Waals surface area contributed by atoms with Crippen LogP contribution in [0.3, 0.4) is 0 Å². The molecule has 0 aliphatic rings. The second-order valence-electron chi connectivity index (χ2n) is 2.35. The van der Waals surface area contributed by atoms with Gasteiger partial charge >= 0.3 is 0 Å². The average Bonchev–Trinajstić information content (AvgIpc) is 1.94. The van der Waals surface area contributed by atoms with Gasteiger partial charge in [0, 0.05) is 8.59 Å². The first-order valence-corrected chi connectivity index (χ1v) is 4.81. The van der Waals surface area contributed by atoms with Crippen molar-refractivity contribution in [3.05, 3.63) is 26.8 Å². The molecular weight excluding hydrogens is 286 g/mol. The molecule has 64 valence electrons. The molecule has 1 aromatic carbocycles. The maximum absolute atomic E-state index is 5.77. The maximum Gasteiger partial charge on any atom is 0.0965 e.